The molecule has 2 saturated carbocycles. The van der Waals surface area contributed by atoms with Crippen LogP contribution >= 0.6 is 0 Å². The van der Waals surface area contributed by atoms with Crippen LogP contribution in [0.3, 0.4) is 0 Å². The van der Waals surface area contributed by atoms with Gasteiger partial charge in [0.25, 0.3) is 0 Å². The third kappa shape index (κ3) is 3.06. The van der Waals surface area contributed by atoms with Crippen molar-refractivity contribution in [3.8, 4) is 0 Å². The van der Waals surface area contributed by atoms with Gasteiger partial charge in [0.2, 0.25) is 0 Å². The lowest BCUT2D eigenvalue weighted by Gasteiger charge is -2.48. The average molecular weight is 254 g/mol. The van der Waals surface area contributed by atoms with Gasteiger partial charge >= 0.3 is 0 Å². The Morgan fingerprint density at radius 2 is 2.11 bits per heavy atom. The van der Waals surface area contributed by atoms with E-state index in [1.54, 1.807) is 0 Å². The summed E-state index contributed by atoms with van der Waals surface area (Å²) in [6.45, 7) is 4.31. The number of hydrogen-bond donors (Lipinski definition) is 1. The van der Waals surface area contributed by atoms with Gasteiger partial charge in [-0.05, 0) is 51.5 Å². The summed E-state index contributed by atoms with van der Waals surface area (Å²) >= 11 is 0. The highest BCUT2D eigenvalue weighted by Gasteiger charge is 2.45. The molecular weight excluding hydrogens is 224 g/mol. The first-order valence-corrected chi connectivity index (χ1v) is 7.75. The zero-order chi connectivity index (χ0) is 13.0. The molecule has 0 saturated heterocycles. The number of nitrogens with zero attached hydrogens (tertiary/aromatic N) is 1. The predicted molar refractivity (Wildman–Crippen MR) is 75.7 cm³/mol. The minimum absolute atomic E-state index is 0.231. The van der Waals surface area contributed by atoms with E-state index in [1.807, 2.05) is 7.11 Å². The van der Waals surface area contributed by atoms with Gasteiger partial charge in [0, 0.05) is 25.2 Å². The first-order valence-electron chi connectivity index (χ1n) is 7.75. The fourth-order valence-electron chi connectivity index (χ4n) is 3.57. The minimum atomic E-state index is 0.231. The van der Waals surface area contributed by atoms with Gasteiger partial charge in [0.05, 0.1) is 6.10 Å². The van der Waals surface area contributed by atoms with Crippen LogP contribution in [-0.2, 0) is 4.74 Å². The molecule has 2 atom stereocenters. The van der Waals surface area contributed by atoms with Crippen molar-refractivity contribution in [1.82, 2.24) is 4.90 Å². The van der Waals surface area contributed by atoms with Crippen LogP contribution in [0.4, 0.5) is 0 Å². The van der Waals surface area contributed by atoms with Crippen LogP contribution in [-0.4, -0.2) is 42.8 Å². The van der Waals surface area contributed by atoms with E-state index in [2.05, 4.69) is 11.8 Å². The quantitative estimate of drug-likeness (QED) is 0.759. The molecule has 0 aromatic rings. The van der Waals surface area contributed by atoms with Crippen molar-refractivity contribution in [2.24, 2.45) is 5.73 Å². The van der Waals surface area contributed by atoms with Gasteiger partial charge in [0.1, 0.15) is 0 Å². The van der Waals surface area contributed by atoms with Crippen LogP contribution in [0.5, 0.6) is 0 Å². The molecule has 2 aliphatic rings. The fraction of sp³-hybridized carbons (Fsp3) is 1.00. The van der Waals surface area contributed by atoms with Gasteiger partial charge in [-0.1, -0.05) is 13.3 Å². The van der Waals surface area contributed by atoms with Crippen molar-refractivity contribution in [2.45, 2.75) is 76.0 Å². The maximum atomic E-state index is 6.20. The van der Waals surface area contributed by atoms with Crippen molar-refractivity contribution in [2.75, 3.05) is 20.2 Å². The van der Waals surface area contributed by atoms with Crippen LogP contribution in [0.1, 0.15) is 58.3 Å². The Morgan fingerprint density at radius 1 is 1.33 bits per heavy atom. The zero-order valence-electron chi connectivity index (χ0n) is 12.2. The number of rotatable bonds is 7. The van der Waals surface area contributed by atoms with Crippen LogP contribution in [0.2, 0.25) is 0 Å². The summed E-state index contributed by atoms with van der Waals surface area (Å²) in [6.07, 6.45) is 10.6. The third-order valence-corrected chi connectivity index (χ3v) is 4.84. The molecule has 0 aromatic carbocycles. The van der Waals surface area contributed by atoms with E-state index in [0.29, 0.717) is 6.10 Å². The molecule has 0 spiro atoms. The largest absolute Gasteiger partial charge is 0.381 e. The number of methoxy groups -OCH3 is 1. The van der Waals surface area contributed by atoms with Crippen molar-refractivity contribution in [3.63, 3.8) is 0 Å². The summed E-state index contributed by atoms with van der Waals surface area (Å²) in [5.74, 6) is 0. The Bertz CT molecular complexity index is 255. The summed E-state index contributed by atoms with van der Waals surface area (Å²) in [5, 5.41) is 0. The highest BCUT2D eigenvalue weighted by molar-refractivity contribution is 5.02. The first-order chi connectivity index (χ1) is 8.75. The lowest BCUT2D eigenvalue weighted by Crippen LogP contribution is -2.58. The maximum absolute atomic E-state index is 6.20. The van der Waals surface area contributed by atoms with Crippen LogP contribution in [0, 0.1) is 0 Å². The van der Waals surface area contributed by atoms with E-state index in [4.69, 9.17) is 10.5 Å². The molecule has 2 aliphatic carbocycles. The average Bonchev–Trinajstić information content (AvgIpc) is 3.24. The summed E-state index contributed by atoms with van der Waals surface area (Å²) in [7, 11) is 1.85. The van der Waals surface area contributed by atoms with E-state index in [9.17, 15) is 0 Å². The van der Waals surface area contributed by atoms with Crippen molar-refractivity contribution in [3.05, 3.63) is 0 Å². The van der Waals surface area contributed by atoms with Gasteiger partial charge in [0.15, 0.2) is 0 Å². The number of unbranched alkanes of at least 4 members (excludes halogenated alkanes) is 1. The summed E-state index contributed by atoms with van der Waals surface area (Å²) in [4.78, 5) is 2.75. The van der Waals surface area contributed by atoms with Crippen LogP contribution < -0.4 is 5.73 Å². The minimum Gasteiger partial charge on any atom is -0.381 e. The molecule has 2 N–H and O–H groups in total. The molecule has 106 valence electrons. The van der Waals surface area contributed by atoms with E-state index >= 15 is 0 Å². The lowest BCUT2D eigenvalue weighted by molar-refractivity contribution is -0.0264. The zero-order valence-corrected chi connectivity index (χ0v) is 12.2. The number of nitrogens with two attached hydrogens (primary N) is 1. The number of ether oxygens (including phenoxy) is 1. The van der Waals surface area contributed by atoms with E-state index in [0.717, 1.165) is 19.0 Å². The van der Waals surface area contributed by atoms with Gasteiger partial charge in [-0.25, -0.2) is 0 Å². The smallest absolute Gasteiger partial charge is 0.0589 e. The monoisotopic (exact) mass is 254 g/mol. The van der Waals surface area contributed by atoms with Crippen molar-refractivity contribution < 1.29 is 4.74 Å². The molecule has 2 unspecified atom stereocenters. The molecule has 0 bridgehead atoms. The second-order valence-corrected chi connectivity index (χ2v) is 6.16. The first kappa shape index (κ1) is 14.3. The maximum Gasteiger partial charge on any atom is 0.0589 e. The molecule has 0 aliphatic heterocycles. The van der Waals surface area contributed by atoms with Gasteiger partial charge in [-0.15, -0.1) is 0 Å². The highest BCUT2D eigenvalue weighted by atomic mass is 16.5. The molecule has 2 rings (SSSR count). The van der Waals surface area contributed by atoms with Gasteiger partial charge < -0.3 is 10.5 Å². The standard InChI is InChI=1S/C15H30N2O/c1-3-4-10-17(13-7-8-13)15(12-16)9-5-6-14(11-15)18-2/h13-14H,3-12,16H2,1-2H3. The topological polar surface area (TPSA) is 38.5 Å². The molecule has 18 heavy (non-hydrogen) atoms. The molecule has 0 radical (unpaired) electrons. The predicted octanol–water partition coefficient (Wildman–Crippen LogP) is 2.54. The second-order valence-electron chi connectivity index (χ2n) is 6.16. The SMILES string of the molecule is CCCCN(C1CC1)C1(CN)CCCC(OC)C1. The van der Waals surface area contributed by atoms with Crippen molar-refractivity contribution >= 4 is 0 Å². The molecule has 0 aromatic heterocycles. The summed E-state index contributed by atoms with van der Waals surface area (Å²) < 4.78 is 5.62. The Labute approximate surface area is 112 Å². The van der Waals surface area contributed by atoms with Gasteiger partial charge in [-0.2, -0.15) is 0 Å². The molecule has 0 amide bonds. The summed E-state index contributed by atoms with van der Waals surface area (Å²) in [5.41, 5.74) is 6.43. The molecular formula is C15H30N2O. The molecule has 0 heterocycles. The Hall–Kier alpha value is -0.120. The molecule has 3 nitrogen and oxygen atoms in total. The van der Waals surface area contributed by atoms with Crippen LogP contribution in [0.15, 0.2) is 0 Å². The second kappa shape index (κ2) is 6.36. The fourth-order valence-corrected chi connectivity index (χ4v) is 3.57. The van der Waals surface area contributed by atoms with E-state index in [-0.39, 0.29) is 5.54 Å². The highest BCUT2D eigenvalue weighted by Crippen LogP contribution is 2.41. The molecule has 2 fully saturated rings. The summed E-state index contributed by atoms with van der Waals surface area (Å²) in [6, 6.07) is 0.815. The Kier molecular flexibility index (Phi) is 5.05. The molecule has 3 heteroatoms. The van der Waals surface area contributed by atoms with Crippen molar-refractivity contribution in [1.29, 1.82) is 0 Å². The Morgan fingerprint density at radius 3 is 2.67 bits per heavy atom. The normalized spacial score (nSPS) is 33.0. The van der Waals surface area contributed by atoms with Gasteiger partial charge in [-0.3, -0.25) is 4.90 Å². The third-order valence-electron chi connectivity index (χ3n) is 4.84. The van der Waals surface area contributed by atoms with Crippen LogP contribution in [0.25, 0.3) is 0 Å². The Balaban J connectivity index is 2.06. The lowest BCUT2D eigenvalue weighted by atomic mass is 9.78. The van der Waals surface area contributed by atoms with E-state index in [1.165, 1.54) is 51.5 Å². The van der Waals surface area contributed by atoms with E-state index < -0.39 is 0 Å². The number of hydrogen-bond acceptors (Lipinski definition) is 3.